The molecule has 0 aliphatic carbocycles. The zero-order valence-corrected chi connectivity index (χ0v) is 12.1. The van der Waals surface area contributed by atoms with Crippen LogP contribution in [0, 0.1) is 11.2 Å². The van der Waals surface area contributed by atoms with Crippen LogP contribution in [0.25, 0.3) is 0 Å². The summed E-state index contributed by atoms with van der Waals surface area (Å²) in [4.78, 5) is -0.164. The third kappa shape index (κ3) is 2.87. The summed E-state index contributed by atoms with van der Waals surface area (Å²) >= 11 is 0. The molecule has 0 heterocycles. The molecule has 2 aromatic carbocycles. The second-order valence-corrected chi connectivity index (χ2v) is 6.33. The van der Waals surface area contributed by atoms with E-state index >= 15 is 0 Å². The fraction of sp³-hybridized carbons (Fsp3) is 0.0714. The van der Waals surface area contributed by atoms with Crippen LogP contribution in [0.15, 0.2) is 53.4 Å². The van der Waals surface area contributed by atoms with Gasteiger partial charge in [0.15, 0.2) is 0 Å². The van der Waals surface area contributed by atoms with E-state index in [9.17, 15) is 12.8 Å². The zero-order valence-electron chi connectivity index (χ0n) is 11.2. The third-order valence-corrected chi connectivity index (χ3v) is 4.76. The highest BCUT2D eigenvalue weighted by Crippen LogP contribution is 2.25. The van der Waals surface area contributed by atoms with Gasteiger partial charge in [-0.3, -0.25) is 9.71 Å². The largest absolute Gasteiger partial charge is 0.384 e. The van der Waals surface area contributed by atoms with Crippen molar-refractivity contribution in [1.82, 2.24) is 0 Å². The fourth-order valence-corrected chi connectivity index (χ4v) is 3.14. The molecular weight excluding hydrogens is 293 g/mol. The SMILES string of the molecule is CN(c1ccccc1C(=N)N)S(=O)(=O)c1cccc(F)c1. The highest BCUT2D eigenvalue weighted by molar-refractivity contribution is 7.92. The molecule has 0 bridgehead atoms. The normalized spacial score (nSPS) is 11.1. The van der Waals surface area contributed by atoms with Crippen molar-refractivity contribution < 1.29 is 12.8 Å². The number of nitrogens with two attached hydrogens (primary N) is 1. The lowest BCUT2D eigenvalue weighted by molar-refractivity contribution is 0.589. The number of halogens is 1. The average Bonchev–Trinajstić information content (AvgIpc) is 2.46. The van der Waals surface area contributed by atoms with Gasteiger partial charge in [0.25, 0.3) is 10.0 Å². The first-order chi connectivity index (χ1) is 9.84. The van der Waals surface area contributed by atoms with Gasteiger partial charge in [-0.15, -0.1) is 0 Å². The molecule has 0 amide bonds. The summed E-state index contributed by atoms with van der Waals surface area (Å²) in [6, 6.07) is 11.1. The van der Waals surface area contributed by atoms with Crippen molar-refractivity contribution in [3.8, 4) is 0 Å². The lowest BCUT2D eigenvalue weighted by Crippen LogP contribution is -2.29. The van der Waals surface area contributed by atoms with Crippen LogP contribution in [-0.2, 0) is 10.0 Å². The summed E-state index contributed by atoms with van der Waals surface area (Å²) in [5, 5.41) is 7.51. The van der Waals surface area contributed by atoms with Gasteiger partial charge in [-0.2, -0.15) is 0 Å². The monoisotopic (exact) mass is 307 g/mol. The molecule has 0 saturated heterocycles. The molecule has 2 rings (SSSR count). The number of para-hydroxylation sites is 1. The Bertz CT molecular complexity index is 790. The number of benzene rings is 2. The Kier molecular flexibility index (Phi) is 3.95. The van der Waals surface area contributed by atoms with Crippen molar-refractivity contribution in [3.63, 3.8) is 0 Å². The number of sulfonamides is 1. The number of nitrogens with zero attached hydrogens (tertiary/aromatic N) is 1. The second-order valence-electron chi connectivity index (χ2n) is 4.36. The Balaban J connectivity index is 2.54. The minimum atomic E-state index is -3.93. The summed E-state index contributed by atoms with van der Waals surface area (Å²) in [5.41, 5.74) is 6.01. The van der Waals surface area contributed by atoms with Crippen molar-refractivity contribution in [3.05, 3.63) is 59.9 Å². The molecule has 21 heavy (non-hydrogen) atoms. The topological polar surface area (TPSA) is 87.2 Å². The highest BCUT2D eigenvalue weighted by Gasteiger charge is 2.24. The molecule has 110 valence electrons. The van der Waals surface area contributed by atoms with Crippen molar-refractivity contribution in [2.75, 3.05) is 11.4 Å². The molecule has 2 aromatic rings. The molecule has 0 atom stereocenters. The number of nitrogens with one attached hydrogen (secondary N) is 1. The lowest BCUT2D eigenvalue weighted by Gasteiger charge is -2.22. The van der Waals surface area contributed by atoms with Crippen LogP contribution in [0.2, 0.25) is 0 Å². The standard InChI is InChI=1S/C14H14FN3O2S/c1-18(13-8-3-2-7-12(13)14(16)17)21(19,20)11-6-4-5-10(15)9-11/h2-9H,1H3,(H3,16,17). The first-order valence-corrected chi connectivity index (χ1v) is 7.46. The first kappa shape index (κ1) is 15.0. The maximum absolute atomic E-state index is 13.2. The van der Waals surface area contributed by atoms with Gasteiger partial charge in [-0.25, -0.2) is 12.8 Å². The number of nitrogen functional groups attached to an aromatic ring is 1. The number of amidine groups is 1. The van der Waals surface area contributed by atoms with E-state index in [1.807, 2.05) is 0 Å². The van der Waals surface area contributed by atoms with E-state index in [0.29, 0.717) is 5.56 Å². The van der Waals surface area contributed by atoms with Crippen LogP contribution in [0.5, 0.6) is 0 Å². The Morgan fingerprint density at radius 1 is 1.19 bits per heavy atom. The van der Waals surface area contributed by atoms with Crippen LogP contribution in [-0.4, -0.2) is 21.3 Å². The smallest absolute Gasteiger partial charge is 0.264 e. The van der Waals surface area contributed by atoms with E-state index in [-0.39, 0.29) is 16.4 Å². The summed E-state index contributed by atoms with van der Waals surface area (Å²) < 4.78 is 39.2. The van der Waals surface area contributed by atoms with Crippen molar-refractivity contribution >= 4 is 21.5 Å². The third-order valence-electron chi connectivity index (χ3n) is 2.99. The fourth-order valence-electron chi connectivity index (χ4n) is 1.89. The van der Waals surface area contributed by atoms with Gasteiger partial charge in [0.1, 0.15) is 11.7 Å². The molecule has 0 aliphatic rings. The summed E-state index contributed by atoms with van der Waals surface area (Å²) in [6.07, 6.45) is 0. The van der Waals surface area contributed by atoms with E-state index in [1.165, 1.54) is 31.3 Å². The predicted molar refractivity (Wildman–Crippen MR) is 79.4 cm³/mol. The van der Waals surface area contributed by atoms with Crippen LogP contribution in [0.4, 0.5) is 10.1 Å². The molecule has 0 unspecified atom stereocenters. The molecule has 0 aliphatic heterocycles. The Labute approximate surface area is 122 Å². The molecule has 0 aromatic heterocycles. The number of hydrogen-bond donors (Lipinski definition) is 2. The summed E-state index contributed by atoms with van der Waals surface area (Å²) in [6.45, 7) is 0. The van der Waals surface area contributed by atoms with E-state index in [0.717, 1.165) is 10.4 Å². The van der Waals surface area contributed by atoms with E-state index in [2.05, 4.69) is 0 Å². The van der Waals surface area contributed by atoms with Crippen molar-refractivity contribution in [1.29, 1.82) is 5.41 Å². The molecule has 0 radical (unpaired) electrons. The Morgan fingerprint density at radius 2 is 1.86 bits per heavy atom. The van der Waals surface area contributed by atoms with E-state index in [1.54, 1.807) is 18.2 Å². The molecule has 0 saturated carbocycles. The quantitative estimate of drug-likeness (QED) is 0.668. The molecule has 0 spiro atoms. The van der Waals surface area contributed by atoms with Gasteiger partial charge in [-0.05, 0) is 30.3 Å². The number of hydrogen-bond acceptors (Lipinski definition) is 3. The van der Waals surface area contributed by atoms with Gasteiger partial charge >= 0.3 is 0 Å². The zero-order chi connectivity index (χ0) is 15.6. The van der Waals surface area contributed by atoms with Crippen LogP contribution in [0.3, 0.4) is 0 Å². The maximum atomic E-state index is 13.2. The minimum absolute atomic E-state index is 0.164. The number of anilines is 1. The molecular formula is C14H14FN3O2S. The maximum Gasteiger partial charge on any atom is 0.264 e. The van der Waals surface area contributed by atoms with E-state index in [4.69, 9.17) is 11.1 Å². The van der Waals surface area contributed by atoms with Gasteiger partial charge in [0.2, 0.25) is 0 Å². The van der Waals surface area contributed by atoms with Gasteiger partial charge in [0, 0.05) is 12.6 Å². The predicted octanol–water partition coefficient (Wildman–Crippen LogP) is 1.93. The highest BCUT2D eigenvalue weighted by atomic mass is 32.2. The van der Waals surface area contributed by atoms with Crippen LogP contribution < -0.4 is 10.0 Å². The van der Waals surface area contributed by atoms with Crippen molar-refractivity contribution in [2.24, 2.45) is 5.73 Å². The van der Waals surface area contributed by atoms with Gasteiger partial charge < -0.3 is 5.73 Å². The first-order valence-electron chi connectivity index (χ1n) is 6.02. The minimum Gasteiger partial charge on any atom is -0.384 e. The molecule has 7 heteroatoms. The van der Waals surface area contributed by atoms with Gasteiger partial charge in [-0.1, -0.05) is 18.2 Å². The summed E-state index contributed by atoms with van der Waals surface area (Å²) in [5.74, 6) is -0.878. The Hall–Kier alpha value is -2.41. The Morgan fingerprint density at radius 3 is 2.48 bits per heavy atom. The van der Waals surface area contributed by atoms with E-state index < -0.39 is 15.8 Å². The molecule has 3 N–H and O–H groups in total. The molecule has 0 fully saturated rings. The average molecular weight is 307 g/mol. The number of rotatable bonds is 4. The van der Waals surface area contributed by atoms with Gasteiger partial charge in [0.05, 0.1) is 10.6 Å². The second kappa shape index (κ2) is 5.53. The molecule has 5 nitrogen and oxygen atoms in total. The van der Waals surface area contributed by atoms with Crippen LogP contribution in [0.1, 0.15) is 5.56 Å². The van der Waals surface area contributed by atoms with Crippen LogP contribution >= 0.6 is 0 Å². The van der Waals surface area contributed by atoms with Crippen molar-refractivity contribution in [2.45, 2.75) is 4.90 Å². The summed E-state index contributed by atoms with van der Waals surface area (Å²) in [7, 11) is -2.59. The lowest BCUT2D eigenvalue weighted by atomic mass is 10.1.